The molecule has 0 saturated carbocycles. The van der Waals surface area contributed by atoms with Gasteiger partial charge >= 0.3 is 0 Å². The molecule has 3 aromatic rings. The molecular formula is C15H14N6O. The minimum Gasteiger partial charge on any atom is -0.320 e. The van der Waals surface area contributed by atoms with Gasteiger partial charge in [-0.15, -0.1) is 0 Å². The summed E-state index contributed by atoms with van der Waals surface area (Å²) in [7, 11) is 3.47. The van der Waals surface area contributed by atoms with Gasteiger partial charge in [-0.1, -0.05) is 0 Å². The van der Waals surface area contributed by atoms with Crippen molar-refractivity contribution in [3.63, 3.8) is 0 Å². The molecule has 0 bridgehead atoms. The van der Waals surface area contributed by atoms with Crippen LogP contribution < -0.4 is 4.90 Å². The van der Waals surface area contributed by atoms with Gasteiger partial charge in [0.1, 0.15) is 5.69 Å². The van der Waals surface area contributed by atoms with Gasteiger partial charge in [-0.2, -0.15) is 0 Å². The Morgan fingerprint density at radius 1 is 1.09 bits per heavy atom. The molecule has 0 atom stereocenters. The predicted molar refractivity (Wildman–Crippen MR) is 81.2 cm³/mol. The average Bonchev–Trinajstić information content (AvgIpc) is 2.96. The second-order valence-corrected chi connectivity index (χ2v) is 4.67. The molecule has 3 aromatic heterocycles. The summed E-state index contributed by atoms with van der Waals surface area (Å²) < 4.78 is 1.69. The summed E-state index contributed by atoms with van der Waals surface area (Å²) in [6.45, 7) is 0. The highest BCUT2D eigenvalue weighted by Crippen LogP contribution is 2.17. The lowest BCUT2D eigenvalue weighted by Crippen LogP contribution is -2.28. The van der Waals surface area contributed by atoms with Crippen LogP contribution in [0.3, 0.4) is 0 Å². The highest BCUT2D eigenvalue weighted by Gasteiger charge is 2.20. The van der Waals surface area contributed by atoms with Crippen LogP contribution in [0.15, 0.2) is 49.2 Å². The van der Waals surface area contributed by atoms with E-state index >= 15 is 0 Å². The molecule has 7 heteroatoms. The fourth-order valence-electron chi connectivity index (χ4n) is 2.07. The summed E-state index contributed by atoms with van der Waals surface area (Å²) in [6, 6.07) is 5.34. The minimum absolute atomic E-state index is 0.176. The van der Waals surface area contributed by atoms with Gasteiger partial charge in [0.05, 0.1) is 18.1 Å². The lowest BCUT2D eigenvalue weighted by molar-refractivity contribution is 0.0985. The zero-order valence-corrected chi connectivity index (χ0v) is 12.2. The van der Waals surface area contributed by atoms with E-state index in [1.807, 2.05) is 6.07 Å². The summed E-state index contributed by atoms with van der Waals surface area (Å²) in [5.74, 6) is 0.849. The first-order chi connectivity index (χ1) is 10.7. The van der Waals surface area contributed by atoms with E-state index in [4.69, 9.17) is 0 Å². The number of imidazole rings is 1. The van der Waals surface area contributed by atoms with E-state index < -0.39 is 0 Å². The lowest BCUT2D eigenvalue weighted by atomic mass is 10.3. The third-order valence-corrected chi connectivity index (χ3v) is 3.31. The molecule has 0 radical (unpaired) electrons. The Hall–Kier alpha value is -3.09. The summed E-state index contributed by atoms with van der Waals surface area (Å²) in [6.07, 6.45) is 8.10. The van der Waals surface area contributed by atoms with Crippen molar-refractivity contribution in [1.82, 2.24) is 24.5 Å². The molecule has 0 N–H and O–H groups in total. The maximum absolute atomic E-state index is 12.6. The molecule has 3 rings (SSSR count). The van der Waals surface area contributed by atoms with Crippen LogP contribution in [0.1, 0.15) is 10.5 Å². The van der Waals surface area contributed by atoms with Crippen molar-refractivity contribution in [1.29, 1.82) is 0 Å². The van der Waals surface area contributed by atoms with Gasteiger partial charge in [0, 0.05) is 32.7 Å². The van der Waals surface area contributed by atoms with Gasteiger partial charge < -0.3 is 9.47 Å². The molecular weight excluding hydrogens is 280 g/mol. The smallest absolute Gasteiger partial charge is 0.276 e. The van der Waals surface area contributed by atoms with E-state index in [9.17, 15) is 4.79 Å². The Morgan fingerprint density at radius 2 is 1.86 bits per heavy atom. The van der Waals surface area contributed by atoms with Crippen LogP contribution in [0.25, 0.3) is 11.6 Å². The Kier molecular flexibility index (Phi) is 3.61. The van der Waals surface area contributed by atoms with E-state index in [0.717, 1.165) is 0 Å². The number of hydrogen-bond acceptors (Lipinski definition) is 5. The summed E-state index contributed by atoms with van der Waals surface area (Å²) in [5, 5.41) is 0. The molecule has 1 amide bonds. The van der Waals surface area contributed by atoms with Gasteiger partial charge in [0.15, 0.2) is 11.6 Å². The second-order valence-electron chi connectivity index (χ2n) is 4.67. The number of hydrogen-bond donors (Lipinski definition) is 0. The van der Waals surface area contributed by atoms with E-state index in [1.165, 1.54) is 11.1 Å². The summed E-state index contributed by atoms with van der Waals surface area (Å²) in [5.41, 5.74) is 1.17. The monoisotopic (exact) mass is 294 g/mol. The summed E-state index contributed by atoms with van der Waals surface area (Å²) in [4.78, 5) is 30.7. The zero-order valence-electron chi connectivity index (χ0n) is 12.2. The maximum atomic E-state index is 12.6. The number of nitrogens with zero attached hydrogens (tertiary/aromatic N) is 6. The van der Waals surface area contributed by atoms with Crippen LogP contribution in [-0.2, 0) is 7.05 Å². The van der Waals surface area contributed by atoms with Crippen molar-refractivity contribution in [3.05, 3.63) is 54.9 Å². The van der Waals surface area contributed by atoms with Crippen molar-refractivity contribution in [2.45, 2.75) is 0 Å². The fourth-order valence-corrected chi connectivity index (χ4v) is 2.07. The topological polar surface area (TPSA) is 76.8 Å². The number of carbonyl (C=O) groups is 1. The second kappa shape index (κ2) is 5.72. The average molecular weight is 294 g/mol. The lowest BCUT2D eigenvalue weighted by Gasteiger charge is -2.16. The van der Waals surface area contributed by atoms with Crippen LogP contribution in [0, 0.1) is 0 Å². The van der Waals surface area contributed by atoms with Gasteiger partial charge in [-0.05, 0) is 18.2 Å². The number of rotatable bonds is 3. The highest BCUT2D eigenvalue weighted by molar-refractivity contribution is 6.04. The highest BCUT2D eigenvalue weighted by atomic mass is 16.2. The van der Waals surface area contributed by atoms with Gasteiger partial charge in [0.2, 0.25) is 0 Å². The Balaban J connectivity index is 1.93. The SMILES string of the molecule is CN(C(=O)c1cnc(-c2ncccn2)n1C)c1cccnc1. The van der Waals surface area contributed by atoms with Crippen molar-refractivity contribution >= 4 is 11.6 Å². The number of carbonyl (C=O) groups excluding carboxylic acids is 1. The molecule has 0 aliphatic heterocycles. The van der Waals surface area contributed by atoms with Gasteiger partial charge in [-0.25, -0.2) is 15.0 Å². The third-order valence-electron chi connectivity index (χ3n) is 3.31. The Bertz CT molecular complexity index is 784. The molecule has 0 spiro atoms. The van der Waals surface area contributed by atoms with E-state index in [-0.39, 0.29) is 5.91 Å². The molecule has 110 valence electrons. The quantitative estimate of drug-likeness (QED) is 0.732. The van der Waals surface area contributed by atoms with Crippen LogP contribution in [-0.4, -0.2) is 37.5 Å². The number of amides is 1. The van der Waals surface area contributed by atoms with Crippen molar-refractivity contribution < 1.29 is 4.79 Å². The molecule has 22 heavy (non-hydrogen) atoms. The largest absolute Gasteiger partial charge is 0.320 e. The first-order valence-electron chi connectivity index (χ1n) is 6.65. The number of pyridine rings is 1. The Morgan fingerprint density at radius 3 is 2.55 bits per heavy atom. The first-order valence-corrected chi connectivity index (χ1v) is 6.65. The normalized spacial score (nSPS) is 10.5. The standard InChI is InChI=1S/C15H14N6O/c1-20(11-5-3-6-16-9-11)15(22)12-10-19-14(21(12)2)13-17-7-4-8-18-13/h3-10H,1-2H3. The van der Waals surface area contributed by atoms with Crippen LogP contribution in [0.4, 0.5) is 5.69 Å². The van der Waals surface area contributed by atoms with E-state index in [1.54, 1.807) is 55.6 Å². The molecule has 0 saturated heterocycles. The molecule has 0 unspecified atom stereocenters. The van der Waals surface area contributed by atoms with Crippen LogP contribution in [0.5, 0.6) is 0 Å². The van der Waals surface area contributed by atoms with Crippen LogP contribution >= 0.6 is 0 Å². The van der Waals surface area contributed by atoms with Crippen LogP contribution in [0.2, 0.25) is 0 Å². The summed E-state index contributed by atoms with van der Waals surface area (Å²) >= 11 is 0. The van der Waals surface area contributed by atoms with Crippen molar-refractivity contribution in [2.24, 2.45) is 7.05 Å². The molecule has 0 fully saturated rings. The first kappa shape index (κ1) is 13.9. The Labute approximate surface area is 127 Å². The minimum atomic E-state index is -0.176. The number of aromatic nitrogens is 5. The molecule has 0 aromatic carbocycles. The third kappa shape index (κ3) is 2.44. The molecule has 7 nitrogen and oxygen atoms in total. The molecule has 3 heterocycles. The van der Waals surface area contributed by atoms with E-state index in [2.05, 4.69) is 19.9 Å². The van der Waals surface area contributed by atoms with Crippen molar-refractivity contribution in [3.8, 4) is 11.6 Å². The number of anilines is 1. The zero-order chi connectivity index (χ0) is 15.5. The van der Waals surface area contributed by atoms with Gasteiger partial charge in [0.25, 0.3) is 5.91 Å². The van der Waals surface area contributed by atoms with Gasteiger partial charge in [-0.3, -0.25) is 9.78 Å². The molecule has 0 aliphatic carbocycles. The van der Waals surface area contributed by atoms with E-state index in [0.29, 0.717) is 23.0 Å². The molecule has 0 aliphatic rings. The maximum Gasteiger partial charge on any atom is 0.276 e. The van der Waals surface area contributed by atoms with Crippen molar-refractivity contribution in [2.75, 3.05) is 11.9 Å². The predicted octanol–water partition coefficient (Wildman–Crippen LogP) is 1.55. The fraction of sp³-hybridized carbons (Fsp3) is 0.133.